The molecule has 0 aromatic heterocycles. The third-order valence-corrected chi connectivity index (χ3v) is 4.53. The maximum atomic E-state index is 11.2. The van der Waals surface area contributed by atoms with Crippen LogP contribution in [0, 0.1) is 0 Å². The van der Waals surface area contributed by atoms with Gasteiger partial charge in [0.25, 0.3) is 0 Å². The second-order valence-corrected chi connectivity index (χ2v) is 6.85. The van der Waals surface area contributed by atoms with Crippen LogP contribution in [0.5, 0.6) is 0 Å². The van der Waals surface area contributed by atoms with Crippen molar-refractivity contribution in [1.29, 1.82) is 0 Å². The molecule has 0 bridgehead atoms. The minimum atomic E-state index is -3.61. The first-order valence-corrected chi connectivity index (χ1v) is 9.03. The SMILES string of the molecule is CCN(CC)CCCC(C)Nc1ccc(S(N)(=O)=O)cc1. The lowest BCUT2D eigenvalue weighted by atomic mass is 10.1. The van der Waals surface area contributed by atoms with Crippen LogP contribution in [-0.4, -0.2) is 39.0 Å². The average Bonchev–Trinajstić information content (AvgIpc) is 2.43. The molecule has 0 radical (unpaired) electrons. The van der Waals surface area contributed by atoms with E-state index in [1.54, 1.807) is 12.1 Å². The highest BCUT2D eigenvalue weighted by molar-refractivity contribution is 7.89. The normalized spacial score (nSPS) is 13.4. The number of sulfonamides is 1. The summed E-state index contributed by atoms with van der Waals surface area (Å²) >= 11 is 0. The zero-order valence-corrected chi connectivity index (χ0v) is 14.0. The van der Waals surface area contributed by atoms with Gasteiger partial charge in [0.15, 0.2) is 0 Å². The summed E-state index contributed by atoms with van der Waals surface area (Å²) in [7, 11) is -3.61. The second kappa shape index (κ2) is 8.36. The van der Waals surface area contributed by atoms with Crippen molar-refractivity contribution >= 4 is 15.7 Å². The van der Waals surface area contributed by atoms with Gasteiger partial charge in [-0.15, -0.1) is 0 Å². The number of nitrogens with zero attached hydrogens (tertiary/aromatic N) is 1. The molecular formula is C15H27N3O2S. The molecule has 1 aromatic rings. The molecule has 1 aromatic carbocycles. The van der Waals surface area contributed by atoms with Crippen LogP contribution in [0.15, 0.2) is 29.2 Å². The fraction of sp³-hybridized carbons (Fsp3) is 0.600. The first-order valence-electron chi connectivity index (χ1n) is 7.48. The van der Waals surface area contributed by atoms with Crippen LogP contribution >= 0.6 is 0 Å². The van der Waals surface area contributed by atoms with Crippen molar-refractivity contribution < 1.29 is 8.42 Å². The number of hydrogen-bond donors (Lipinski definition) is 2. The molecule has 5 nitrogen and oxygen atoms in total. The molecule has 1 rings (SSSR count). The van der Waals surface area contributed by atoms with Crippen LogP contribution in [-0.2, 0) is 10.0 Å². The topological polar surface area (TPSA) is 75.4 Å². The Morgan fingerprint density at radius 2 is 1.76 bits per heavy atom. The standard InChI is InChI=1S/C15H27N3O2S/c1-4-18(5-2)12-6-7-13(3)17-14-8-10-15(11-9-14)21(16,19)20/h8-11,13,17H,4-7,12H2,1-3H3,(H2,16,19,20). The van der Waals surface area contributed by atoms with Crippen LogP contribution in [0.4, 0.5) is 5.69 Å². The number of nitrogens with one attached hydrogen (secondary N) is 1. The zero-order valence-electron chi connectivity index (χ0n) is 13.2. The van der Waals surface area contributed by atoms with Crippen molar-refractivity contribution in [1.82, 2.24) is 4.90 Å². The van der Waals surface area contributed by atoms with E-state index in [0.29, 0.717) is 6.04 Å². The summed E-state index contributed by atoms with van der Waals surface area (Å²) in [6, 6.07) is 6.91. The molecule has 0 heterocycles. The van der Waals surface area contributed by atoms with Crippen LogP contribution in [0.1, 0.15) is 33.6 Å². The molecule has 0 aliphatic rings. The van der Waals surface area contributed by atoms with Crippen molar-refractivity contribution in [2.45, 2.75) is 44.6 Å². The maximum absolute atomic E-state index is 11.2. The first kappa shape index (κ1) is 17.9. The van der Waals surface area contributed by atoms with E-state index in [0.717, 1.165) is 38.2 Å². The van der Waals surface area contributed by atoms with Gasteiger partial charge in [0.2, 0.25) is 10.0 Å². The summed E-state index contributed by atoms with van der Waals surface area (Å²) in [4.78, 5) is 2.55. The average molecular weight is 313 g/mol. The smallest absolute Gasteiger partial charge is 0.238 e. The molecule has 1 unspecified atom stereocenters. The zero-order chi connectivity index (χ0) is 15.9. The molecule has 0 aliphatic carbocycles. The molecule has 0 spiro atoms. The number of benzene rings is 1. The van der Waals surface area contributed by atoms with E-state index < -0.39 is 10.0 Å². The Balaban J connectivity index is 2.43. The fourth-order valence-corrected chi connectivity index (χ4v) is 2.77. The second-order valence-electron chi connectivity index (χ2n) is 5.28. The fourth-order valence-electron chi connectivity index (χ4n) is 2.26. The Morgan fingerprint density at radius 1 is 1.19 bits per heavy atom. The Kier molecular flexibility index (Phi) is 7.14. The van der Waals surface area contributed by atoms with Gasteiger partial charge in [-0.3, -0.25) is 0 Å². The molecule has 21 heavy (non-hydrogen) atoms. The molecule has 0 amide bonds. The predicted molar refractivity (Wildman–Crippen MR) is 87.9 cm³/mol. The van der Waals surface area contributed by atoms with Gasteiger partial charge >= 0.3 is 0 Å². The third kappa shape index (κ3) is 6.46. The molecule has 6 heteroatoms. The number of anilines is 1. The predicted octanol–water partition coefficient (Wildman–Crippen LogP) is 2.26. The van der Waals surface area contributed by atoms with Crippen molar-refractivity contribution in [2.75, 3.05) is 25.0 Å². The van der Waals surface area contributed by atoms with Crippen molar-refractivity contribution in [3.63, 3.8) is 0 Å². The first-order chi connectivity index (χ1) is 9.86. The number of nitrogens with two attached hydrogens (primary N) is 1. The number of hydrogen-bond acceptors (Lipinski definition) is 4. The minimum Gasteiger partial charge on any atom is -0.383 e. The van der Waals surface area contributed by atoms with Gasteiger partial charge in [-0.1, -0.05) is 13.8 Å². The summed E-state index contributed by atoms with van der Waals surface area (Å²) in [6.45, 7) is 9.79. The van der Waals surface area contributed by atoms with E-state index in [2.05, 4.69) is 31.0 Å². The molecule has 0 saturated heterocycles. The van der Waals surface area contributed by atoms with E-state index in [4.69, 9.17) is 5.14 Å². The van der Waals surface area contributed by atoms with Crippen molar-refractivity contribution in [3.8, 4) is 0 Å². The molecule has 0 saturated carbocycles. The third-order valence-electron chi connectivity index (χ3n) is 3.60. The van der Waals surface area contributed by atoms with Crippen LogP contribution < -0.4 is 10.5 Å². The summed E-state index contributed by atoms with van der Waals surface area (Å²) in [5, 5.41) is 8.45. The van der Waals surface area contributed by atoms with E-state index in [1.807, 2.05) is 0 Å². The van der Waals surface area contributed by atoms with Crippen molar-refractivity contribution in [3.05, 3.63) is 24.3 Å². The van der Waals surface area contributed by atoms with Crippen LogP contribution in [0.2, 0.25) is 0 Å². The molecular weight excluding hydrogens is 286 g/mol. The summed E-state index contributed by atoms with van der Waals surface area (Å²) in [5.74, 6) is 0. The molecule has 120 valence electrons. The monoisotopic (exact) mass is 313 g/mol. The highest BCUT2D eigenvalue weighted by Gasteiger charge is 2.08. The van der Waals surface area contributed by atoms with Crippen LogP contribution in [0.3, 0.4) is 0 Å². The van der Waals surface area contributed by atoms with Gasteiger partial charge in [-0.25, -0.2) is 13.6 Å². The van der Waals surface area contributed by atoms with Gasteiger partial charge < -0.3 is 10.2 Å². The molecule has 3 N–H and O–H groups in total. The highest BCUT2D eigenvalue weighted by Crippen LogP contribution is 2.14. The van der Waals surface area contributed by atoms with Gasteiger partial charge in [0, 0.05) is 11.7 Å². The van der Waals surface area contributed by atoms with E-state index in [9.17, 15) is 8.42 Å². The van der Waals surface area contributed by atoms with E-state index in [1.165, 1.54) is 12.1 Å². The molecule has 0 aliphatic heterocycles. The Morgan fingerprint density at radius 3 is 2.24 bits per heavy atom. The molecule has 0 fully saturated rings. The van der Waals surface area contributed by atoms with E-state index >= 15 is 0 Å². The van der Waals surface area contributed by atoms with Crippen LogP contribution in [0.25, 0.3) is 0 Å². The lowest BCUT2D eigenvalue weighted by Crippen LogP contribution is -2.25. The number of rotatable bonds is 9. The lowest BCUT2D eigenvalue weighted by Gasteiger charge is -2.20. The van der Waals surface area contributed by atoms with E-state index in [-0.39, 0.29) is 4.90 Å². The Hall–Kier alpha value is -1.11. The Labute approximate surface area is 128 Å². The quantitative estimate of drug-likeness (QED) is 0.733. The summed E-state index contributed by atoms with van der Waals surface area (Å²) in [5.41, 5.74) is 0.915. The van der Waals surface area contributed by atoms with Gasteiger partial charge in [-0.2, -0.15) is 0 Å². The van der Waals surface area contributed by atoms with Crippen molar-refractivity contribution in [2.24, 2.45) is 5.14 Å². The maximum Gasteiger partial charge on any atom is 0.238 e. The largest absolute Gasteiger partial charge is 0.383 e. The summed E-state index contributed by atoms with van der Waals surface area (Å²) in [6.07, 6.45) is 2.22. The summed E-state index contributed by atoms with van der Waals surface area (Å²) < 4.78 is 22.4. The Bertz CT molecular complexity index is 510. The van der Waals surface area contributed by atoms with Gasteiger partial charge in [-0.05, 0) is 63.7 Å². The lowest BCUT2D eigenvalue weighted by molar-refractivity contribution is 0.295. The highest BCUT2D eigenvalue weighted by atomic mass is 32.2. The van der Waals surface area contributed by atoms with Gasteiger partial charge in [0.05, 0.1) is 4.90 Å². The number of primary sulfonamides is 1. The van der Waals surface area contributed by atoms with Gasteiger partial charge in [0.1, 0.15) is 0 Å². The minimum absolute atomic E-state index is 0.141. The molecule has 1 atom stereocenters.